The number of imide groups is 2. The Bertz CT molecular complexity index is 2320. The first-order valence-corrected chi connectivity index (χ1v) is 18.3. The van der Waals surface area contributed by atoms with E-state index in [1.54, 1.807) is 54.6 Å². The number of hydrogen-bond donors (Lipinski definition) is 2. The highest BCUT2D eigenvalue weighted by Crippen LogP contribution is 2.64. The van der Waals surface area contributed by atoms with Gasteiger partial charge in [-0.3, -0.25) is 29.6 Å². The third-order valence-corrected chi connectivity index (χ3v) is 11.9. The molecule has 6 atom stereocenters. The number of carbonyl (C=O) groups is 4. The Hall–Kier alpha value is -5.89. The number of nitrogens with zero attached hydrogens (tertiary/aromatic N) is 4. The van der Waals surface area contributed by atoms with Crippen molar-refractivity contribution in [2.75, 3.05) is 24.6 Å². The molecule has 2 aliphatic heterocycles. The van der Waals surface area contributed by atoms with Crippen molar-refractivity contribution in [3.63, 3.8) is 0 Å². The van der Waals surface area contributed by atoms with Crippen molar-refractivity contribution in [1.82, 2.24) is 15.0 Å². The van der Waals surface area contributed by atoms with Gasteiger partial charge in [-0.1, -0.05) is 77.3 Å². The molecule has 3 aromatic carbocycles. The number of pyridine rings is 1. The molecule has 4 aromatic rings. The van der Waals surface area contributed by atoms with E-state index in [0.717, 1.165) is 26.7 Å². The standard InChI is InChI=1S/C41H35ClF3N5O6/c1-21-9-12-24(13-10-21)47-49-37(53)28-20-27-25(34(22-11-17-30(51)31(19-22)56-3)40(28,39(49)55)23-7-5-4-6-8-23)14-15-26-33(27)38(54)50(36(26)52)48(2)35-29(42)16-18-32(46-35)41(43,44)45/h4-14,16-19,26-28,33-34,47,51H,15,20H2,1-3H3. The fraction of sp³-hybridized carbons (Fsp3) is 0.293. The molecule has 1 saturated carbocycles. The third kappa shape index (κ3) is 5.52. The normalized spacial score (nSPS) is 25.8. The van der Waals surface area contributed by atoms with E-state index in [9.17, 15) is 32.7 Å². The van der Waals surface area contributed by atoms with Gasteiger partial charge in [0.2, 0.25) is 0 Å². The summed E-state index contributed by atoms with van der Waals surface area (Å²) in [6, 6.07) is 22.5. The number of aromatic nitrogens is 1. The number of aryl methyl sites for hydroxylation is 1. The maximum atomic E-state index is 15.3. The summed E-state index contributed by atoms with van der Waals surface area (Å²) in [5, 5.41) is 13.2. The van der Waals surface area contributed by atoms with Gasteiger partial charge in [0.15, 0.2) is 17.3 Å². The molecular weight excluding hydrogens is 751 g/mol. The van der Waals surface area contributed by atoms with Crippen LogP contribution in [0.4, 0.5) is 24.7 Å². The van der Waals surface area contributed by atoms with E-state index in [-0.39, 0.29) is 29.4 Å². The number of anilines is 2. The van der Waals surface area contributed by atoms with Crippen LogP contribution in [0.15, 0.2) is 96.6 Å². The minimum absolute atomic E-state index is 0.0105. The molecule has 6 unspecified atom stereocenters. The summed E-state index contributed by atoms with van der Waals surface area (Å²) in [6.45, 7) is 1.91. The van der Waals surface area contributed by atoms with Crippen molar-refractivity contribution in [3.8, 4) is 11.5 Å². The fourth-order valence-electron chi connectivity index (χ4n) is 9.19. The molecule has 0 radical (unpaired) electrons. The number of halogens is 4. The van der Waals surface area contributed by atoms with Crippen molar-refractivity contribution in [2.45, 2.75) is 37.3 Å². The fourth-order valence-corrected chi connectivity index (χ4v) is 9.41. The molecule has 0 spiro atoms. The number of phenolic OH excluding ortho intramolecular Hbond substituents is 1. The van der Waals surface area contributed by atoms with Crippen LogP contribution < -0.4 is 15.2 Å². The molecule has 11 nitrogen and oxygen atoms in total. The molecule has 56 heavy (non-hydrogen) atoms. The van der Waals surface area contributed by atoms with E-state index in [4.69, 9.17) is 16.3 Å². The number of allylic oxidation sites excluding steroid dienone is 2. The summed E-state index contributed by atoms with van der Waals surface area (Å²) in [6.07, 6.45) is -2.93. The number of aromatic hydroxyl groups is 1. The number of nitrogens with one attached hydrogen (secondary N) is 1. The zero-order valence-corrected chi connectivity index (χ0v) is 31.0. The molecule has 4 aliphatic rings. The number of rotatable bonds is 7. The Morgan fingerprint density at radius 1 is 0.946 bits per heavy atom. The minimum atomic E-state index is -4.82. The van der Waals surface area contributed by atoms with E-state index in [1.807, 2.05) is 25.1 Å². The summed E-state index contributed by atoms with van der Waals surface area (Å²) < 4.78 is 46.6. The molecule has 2 aliphatic carbocycles. The Kier molecular flexibility index (Phi) is 8.87. The first kappa shape index (κ1) is 37.1. The van der Waals surface area contributed by atoms with Gasteiger partial charge in [-0.25, -0.2) is 4.98 Å². The highest BCUT2D eigenvalue weighted by Gasteiger charge is 2.70. The number of fused-ring (bicyclic) bond motifs is 4. The summed E-state index contributed by atoms with van der Waals surface area (Å²) in [7, 11) is 2.64. The molecule has 3 fully saturated rings. The topological polar surface area (TPSA) is 132 Å². The number of methoxy groups -OCH3 is 1. The number of alkyl halides is 3. The average Bonchev–Trinajstić information content (AvgIpc) is 3.56. The lowest BCUT2D eigenvalue weighted by atomic mass is 9.49. The molecular formula is C41H35ClF3N5O6. The van der Waals surface area contributed by atoms with Gasteiger partial charge in [0.25, 0.3) is 23.6 Å². The second-order valence-corrected chi connectivity index (χ2v) is 14.9. The number of benzene rings is 3. The molecule has 15 heteroatoms. The molecule has 4 amide bonds. The lowest BCUT2D eigenvalue weighted by Crippen LogP contribution is -2.53. The quantitative estimate of drug-likeness (QED) is 0.153. The van der Waals surface area contributed by atoms with Crippen LogP contribution in [0.2, 0.25) is 5.02 Å². The van der Waals surface area contributed by atoms with E-state index < -0.39 is 76.3 Å². The highest BCUT2D eigenvalue weighted by molar-refractivity contribution is 6.33. The maximum absolute atomic E-state index is 15.3. The van der Waals surface area contributed by atoms with Gasteiger partial charge in [0.1, 0.15) is 5.69 Å². The van der Waals surface area contributed by atoms with Crippen LogP contribution in [0.25, 0.3) is 0 Å². The molecule has 0 bridgehead atoms. The van der Waals surface area contributed by atoms with Crippen molar-refractivity contribution in [3.05, 3.63) is 124 Å². The first-order chi connectivity index (χ1) is 26.7. The van der Waals surface area contributed by atoms with E-state index in [0.29, 0.717) is 28.5 Å². The summed E-state index contributed by atoms with van der Waals surface area (Å²) in [4.78, 5) is 62.6. The number of carbonyl (C=O) groups excluding carboxylic acids is 4. The van der Waals surface area contributed by atoms with Crippen LogP contribution in [-0.4, -0.2) is 57.9 Å². The van der Waals surface area contributed by atoms with E-state index in [2.05, 4.69) is 10.4 Å². The predicted octanol–water partition coefficient (Wildman–Crippen LogP) is 6.81. The van der Waals surface area contributed by atoms with Crippen LogP contribution in [0.1, 0.15) is 41.1 Å². The number of hydrogen-bond acceptors (Lipinski definition) is 9. The van der Waals surface area contributed by atoms with Crippen LogP contribution in [0.3, 0.4) is 0 Å². The van der Waals surface area contributed by atoms with Gasteiger partial charge < -0.3 is 9.84 Å². The number of amides is 4. The van der Waals surface area contributed by atoms with Gasteiger partial charge in [-0.2, -0.15) is 23.2 Å². The zero-order valence-electron chi connectivity index (χ0n) is 30.3. The number of ether oxygens (including phenoxy) is 1. The molecule has 2 saturated heterocycles. The molecule has 3 heterocycles. The van der Waals surface area contributed by atoms with E-state index in [1.165, 1.54) is 20.2 Å². The van der Waals surface area contributed by atoms with Crippen molar-refractivity contribution in [1.29, 1.82) is 0 Å². The summed E-state index contributed by atoms with van der Waals surface area (Å²) in [5.41, 5.74) is 3.40. The Morgan fingerprint density at radius 3 is 2.34 bits per heavy atom. The van der Waals surface area contributed by atoms with Crippen LogP contribution in [0.5, 0.6) is 11.5 Å². The number of hydrazine groups is 2. The van der Waals surface area contributed by atoms with Crippen LogP contribution in [-0.2, 0) is 30.8 Å². The monoisotopic (exact) mass is 785 g/mol. The Balaban J connectivity index is 1.28. The van der Waals surface area contributed by atoms with Crippen molar-refractivity contribution in [2.24, 2.45) is 23.7 Å². The van der Waals surface area contributed by atoms with Crippen LogP contribution in [0, 0.1) is 30.6 Å². The smallest absolute Gasteiger partial charge is 0.433 e. The minimum Gasteiger partial charge on any atom is -0.504 e. The van der Waals surface area contributed by atoms with E-state index >= 15 is 4.79 Å². The largest absolute Gasteiger partial charge is 0.504 e. The van der Waals surface area contributed by atoms with Crippen molar-refractivity contribution < 1.29 is 42.2 Å². The zero-order chi connectivity index (χ0) is 39.8. The highest BCUT2D eigenvalue weighted by atomic mass is 35.5. The van der Waals surface area contributed by atoms with Crippen molar-refractivity contribution >= 4 is 46.7 Å². The SMILES string of the molecule is COc1cc(C2C3=CCC4C(=O)N(N(C)c5nc(C(F)(F)F)ccc5Cl)C(=O)C4C3CC3C(=O)N(Nc4ccc(C)cc4)C(=O)C32c2ccccc2)ccc1O. The molecule has 1 aromatic heterocycles. The second-order valence-electron chi connectivity index (χ2n) is 14.5. The van der Waals surface area contributed by atoms with Gasteiger partial charge in [-0.05, 0) is 73.2 Å². The Morgan fingerprint density at radius 2 is 1.66 bits per heavy atom. The average molecular weight is 786 g/mol. The second kappa shape index (κ2) is 13.4. The summed E-state index contributed by atoms with van der Waals surface area (Å²) in [5.74, 6) is -7.61. The molecule has 8 rings (SSSR count). The van der Waals surface area contributed by atoms with Gasteiger partial charge in [0, 0.05) is 13.0 Å². The lowest BCUT2D eigenvalue weighted by Gasteiger charge is -2.50. The number of phenols is 1. The van der Waals surface area contributed by atoms with Gasteiger partial charge in [-0.15, -0.1) is 0 Å². The Labute approximate surface area is 324 Å². The van der Waals surface area contributed by atoms with Gasteiger partial charge in [0.05, 0.1) is 41.0 Å². The third-order valence-electron chi connectivity index (χ3n) is 11.6. The lowest BCUT2D eigenvalue weighted by molar-refractivity contribution is -0.142. The molecule has 288 valence electrons. The first-order valence-electron chi connectivity index (χ1n) is 17.9. The van der Waals surface area contributed by atoms with Gasteiger partial charge >= 0.3 is 6.18 Å². The predicted molar refractivity (Wildman–Crippen MR) is 198 cm³/mol. The maximum Gasteiger partial charge on any atom is 0.433 e. The van der Waals surface area contributed by atoms with Crippen LogP contribution >= 0.6 is 11.6 Å². The summed E-state index contributed by atoms with van der Waals surface area (Å²) >= 11 is 6.31. The molecule has 2 N–H and O–H groups in total.